The average molecular weight is 212 g/mol. The Hall–Kier alpha value is -1.33. The fraction of sp³-hybridized carbons (Fsp3) is 0.500. The van der Waals surface area contributed by atoms with Gasteiger partial charge in [0.25, 0.3) is 5.56 Å². The molecule has 0 saturated carbocycles. The topological polar surface area (TPSA) is 66.5 Å². The maximum absolute atomic E-state index is 11.6. The van der Waals surface area contributed by atoms with Crippen molar-refractivity contribution >= 4 is 5.69 Å². The first-order valence-electron chi connectivity index (χ1n) is 4.69. The molecule has 5 heteroatoms. The van der Waals surface area contributed by atoms with Crippen LogP contribution in [0.4, 0.5) is 5.69 Å². The average Bonchev–Trinajstić information content (AvgIpc) is 2.24. The Kier molecular flexibility index (Phi) is 4.33. The molecule has 1 aromatic rings. The number of nitrogen functional groups attached to an aromatic ring is 1. The quantitative estimate of drug-likeness (QED) is 0.716. The molecular formula is C10H16N2O3. The standard InChI is InChI=1S/C10H16N2O3/c1-8-3-4-12(10(13)9(8)11)7-15-6-5-14-2/h3-4H,5-7,11H2,1-2H3. The van der Waals surface area contributed by atoms with Gasteiger partial charge in [-0.2, -0.15) is 0 Å². The second-order valence-corrected chi connectivity index (χ2v) is 3.22. The van der Waals surface area contributed by atoms with Crippen LogP contribution in [0.2, 0.25) is 0 Å². The molecule has 0 unspecified atom stereocenters. The Bertz CT molecular complexity index is 373. The molecule has 0 aliphatic rings. The minimum atomic E-state index is -0.215. The van der Waals surface area contributed by atoms with Crippen LogP contribution >= 0.6 is 0 Å². The van der Waals surface area contributed by atoms with Crippen molar-refractivity contribution in [2.24, 2.45) is 0 Å². The molecule has 0 radical (unpaired) electrons. The lowest BCUT2D eigenvalue weighted by molar-refractivity contribution is 0.0327. The molecular weight excluding hydrogens is 196 g/mol. The van der Waals surface area contributed by atoms with E-state index in [0.717, 1.165) is 5.56 Å². The fourth-order valence-corrected chi connectivity index (χ4v) is 1.09. The van der Waals surface area contributed by atoms with Crippen LogP contribution in [0.3, 0.4) is 0 Å². The van der Waals surface area contributed by atoms with E-state index < -0.39 is 0 Å². The van der Waals surface area contributed by atoms with Crippen molar-refractivity contribution in [3.8, 4) is 0 Å². The summed E-state index contributed by atoms with van der Waals surface area (Å²) in [7, 11) is 1.60. The zero-order chi connectivity index (χ0) is 11.3. The highest BCUT2D eigenvalue weighted by atomic mass is 16.5. The summed E-state index contributed by atoms with van der Waals surface area (Å²) < 4.78 is 11.5. The summed E-state index contributed by atoms with van der Waals surface area (Å²) in [6.07, 6.45) is 1.67. The van der Waals surface area contributed by atoms with Crippen LogP contribution in [0.5, 0.6) is 0 Å². The first-order valence-corrected chi connectivity index (χ1v) is 4.69. The third-order valence-corrected chi connectivity index (χ3v) is 2.08. The summed E-state index contributed by atoms with van der Waals surface area (Å²) in [5.41, 5.74) is 6.44. The van der Waals surface area contributed by atoms with Crippen molar-refractivity contribution in [2.45, 2.75) is 13.7 Å². The van der Waals surface area contributed by atoms with Crippen molar-refractivity contribution in [1.29, 1.82) is 0 Å². The van der Waals surface area contributed by atoms with E-state index in [0.29, 0.717) is 13.2 Å². The fourth-order valence-electron chi connectivity index (χ4n) is 1.09. The summed E-state index contributed by atoms with van der Waals surface area (Å²) in [5.74, 6) is 0. The summed E-state index contributed by atoms with van der Waals surface area (Å²) in [6.45, 7) is 2.96. The maximum Gasteiger partial charge on any atom is 0.275 e. The molecule has 0 aliphatic heterocycles. The molecule has 84 valence electrons. The van der Waals surface area contributed by atoms with Gasteiger partial charge in [0.2, 0.25) is 0 Å². The number of anilines is 1. The summed E-state index contributed by atoms with van der Waals surface area (Å²) in [5, 5.41) is 0. The number of nitrogens with zero attached hydrogens (tertiary/aromatic N) is 1. The van der Waals surface area contributed by atoms with Gasteiger partial charge in [0.15, 0.2) is 0 Å². The van der Waals surface area contributed by atoms with Crippen LogP contribution in [0, 0.1) is 6.92 Å². The highest BCUT2D eigenvalue weighted by Gasteiger charge is 2.02. The van der Waals surface area contributed by atoms with Crippen LogP contribution in [-0.2, 0) is 16.2 Å². The van der Waals surface area contributed by atoms with Crippen LogP contribution < -0.4 is 11.3 Å². The van der Waals surface area contributed by atoms with E-state index in [1.54, 1.807) is 26.3 Å². The van der Waals surface area contributed by atoms with E-state index in [2.05, 4.69) is 0 Å². The molecule has 0 saturated heterocycles. The van der Waals surface area contributed by atoms with Gasteiger partial charge in [0.05, 0.1) is 13.2 Å². The number of hydrogen-bond acceptors (Lipinski definition) is 4. The number of pyridine rings is 1. The molecule has 1 heterocycles. The zero-order valence-corrected chi connectivity index (χ0v) is 9.03. The van der Waals surface area contributed by atoms with Crippen molar-refractivity contribution in [1.82, 2.24) is 4.57 Å². The molecule has 0 amide bonds. The van der Waals surface area contributed by atoms with Crippen LogP contribution in [-0.4, -0.2) is 24.9 Å². The Labute approximate surface area is 88.4 Å². The van der Waals surface area contributed by atoms with Gasteiger partial charge < -0.3 is 15.2 Å². The van der Waals surface area contributed by atoms with Gasteiger partial charge in [-0.3, -0.25) is 9.36 Å². The highest BCUT2D eigenvalue weighted by molar-refractivity contribution is 5.42. The van der Waals surface area contributed by atoms with Gasteiger partial charge in [-0.25, -0.2) is 0 Å². The third kappa shape index (κ3) is 3.07. The molecule has 0 bridgehead atoms. The number of rotatable bonds is 5. The Morgan fingerprint density at radius 1 is 1.47 bits per heavy atom. The van der Waals surface area contributed by atoms with Crippen molar-refractivity contribution < 1.29 is 9.47 Å². The minimum Gasteiger partial charge on any atom is -0.394 e. The van der Waals surface area contributed by atoms with Crippen LogP contribution in [0.1, 0.15) is 5.56 Å². The van der Waals surface area contributed by atoms with Crippen LogP contribution in [0.15, 0.2) is 17.1 Å². The molecule has 0 aromatic carbocycles. The largest absolute Gasteiger partial charge is 0.394 e. The van der Waals surface area contributed by atoms with Gasteiger partial charge in [-0.05, 0) is 18.6 Å². The first kappa shape index (κ1) is 11.7. The molecule has 0 atom stereocenters. The van der Waals surface area contributed by atoms with E-state index in [1.165, 1.54) is 4.57 Å². The van der Waals surface area contributed by atoms with Crippen molar-refractivity contribution in [3.05, 3.63) is 28.2 Å². The lowest BCUT2D eigenvalue weighted by Gasteiger charge is -2.08. The molecule has 0 spiro atoms. The molecule has 2 N–H and O–H groups in total. The molecule has 5 nitrogen and oxygen atoms in total. The molecule has 1 rings (SSSR count). The summed E-state index contributed by atoms with van der Waals surface area (Å²) in [6, 6.07) is 1.79. The Balaban J connectivity index is 2.63. The van der Waals surface area contributed by atoms with E-state index in [9.17, 15) is 4.79 Å². The highest BCUT2D eigenvalue weighted by Crippen LogP contribution is 2.02. The lowest BCUT2D eigenvalue weighted by Crippen LogP contribution is -2.24. The third-order valence-electron chi connectivity index (χ3n) is 2.08. The van der Waals surface area contributed by atoms with E-state index in [1.807, 2.05) is 0 Å². The normalized spacial score (nSPS) is 10.5. The van der Waals surface area contributed by atoms with E-state index in [-0.39, 0.29) is 18.0 Å². The molecule has 1 aromatic heterocycles. The van der Waals surface area contributed by atoms with Gasteiger partial charge >= 0.3 is 0 Å². The summed E-state index contributed by atoms with van der Waals surface area (Å²) in [4.78, 5) is 11.6. The monoisotopic (exact) mass is 212 g/mol. The van der Waals surface area contributed by atoms with Crippen molar-refractivity contribution in [2.75, 3.05) is 26.1 Å². The summed E-state index contributed by atoms with van der Waals surface area (Å²) >= 11 is 0. The Morgan fingerprint density at radius 2 is 2.20 bits per heavy atom. The molecule has 0 fully saturated rings. The van der Waals surface area contributed by atoms with E-state index >= 15 is 0 Å². The second-order valence-electron chi connectivity index (χ2n) is 3.22. The number of methoxy groups -OCH3 is 1. The predicted octanol–water partition coefficient (Wildman–Crippen LogP) is 0.359. The number of aromatic nitrogens is 1. The smallest absolute Gasteiger partial charge is 0.275 e. The molecule has 0 aliphatic carbocycles. The number of hydrogen-bond donors (Lipinski definition) is 1. The first-order chi connectivity index (χ1) is 7.16. The predicted molar refractivity (Wildman–Crippen MR) is 57.7 cm³/mol. The van der Waals surface area contributed by atoms with Gasteiger partial charge in [-0.1, -0.05) is 0 Å². The number of ether oxygens (including phenoxy) is 2. The van der Waals surface area contributed by atoms with Gasteiger partial charge in [0.1, 0.15) is 12.4 Å². The lowest BCUT2D eigenvalue weighted by atomic mass is 10.2. The zero-order valence-electron chi connectivity index (χ0n) is 9.03. The Morgan fingerprint density at radius 3 is 2.87 bits per heavy atom. The number of aryl methyl sites for hydroxylation is 1. The van der Waals surface area contributed by atoms with Crippen molar-refractivity contribution in [3.63, 3.8) is 0 Å². The SMILES string of the molecule is COCCOCn1ccc(C)c(N)c1=O. The van der Waals surface area contributed by atoms with Gasteiger partial charge in [0, 0.05) is 13.3 Å². The number of nitrogens with two attached hydrogens (primary N) is 1. The van der Waals surface area contributed by atoms with Crippen LogP contribution in [0.25, 0.3) is 0 Å². The second kappa shape index (κ2) is 5.53. The van der Waals surface area contributed by atoms with Gasteiger partial charge in [-0.15, -0.1) is 0 Å². The minimum absolute atomic E-state index is 0.201. The maximum atomic E-state index is 11.6. The molecule has 15 heavy (non-hydrogen) atoms. The van der Waals surface area contributed by atoms with E-state index in [4.69, 9.17) is 15.2 Å².